The second-order valence-electron chi connectivity index (χ2n) is 6.55. The minimum Gasteiger partial charge on any atom is -0.345 e. The number of hydrogen-bond acceptors (Lipinski definition) is 7. The van der Waals surface area contributed by atoms with Crippen molar-refractivity contribution in [3.8, 4) is 16.3 Å². The normalized spacial score (nSPS) is 11.0. The predicted octanol–water partition coefficient (Wildman–Crippen LogP) is 2.86. The number of thiazole rings is 1. The lowest BCUT2D eigenvalue weighted by atomic mass is 10.2. The number of carbonyl (C=O) groups excluding carboxylic acids is 1. The molecule has 154 valence electrons. The molecule has 0 atom stereocenters. The number of nitrogens with zero attached hydrogens (tertiary/aromatic N) is 6. The van der Waals surface area contributed by atoms with E-state index in [1.165, 1.54) is 27.4 Å². The summed E-state index contributed by atoms with van der Waals surface area (Å²) in [4.78, 5) is 29.3. The molecular weight excluding hydrogens is 422 g/mol. The van der Waals surface area contributed by atoms with Gasteiger partial charge in [0.25, 0.3) is 0 Å². The molecule has 0 fully saturated rings. The Morgan fingerprint density at radius 2 is 2.13 bits per heavy atom. The van der Waals surface area contributed by atoms with E-state index < -0.39 is 11.6 Å². The summed E-state index contributed by atoms with van der Waals surface area (Å²) in [6, 6.07) is 5.64. The third kappa shape index (κ3) is 3.76. The molecule has 0 bridgehead atoms. The maximum absolute atomic E-state index is 12.4. The summed E-state index contributed by atoms with van der Waals surface area (Å²) in [5.74, 6) is -0.395. The van der Waals surface area contributed by atoms with Crippen LogP contribution < -0.4 is 11.0 Å². The Bertz CT molecular complexity index is 1260. The summed E-state index contributed by atoms with van der Waals surface area (Å²) in [6.07, 6.45) is 1.85. The lowest BCUT2D eigenvalue weighted by molar-refractivity contribution is -0.117. The molecule has 0 aliphatic rings. The predicted molar refractivity (Wildman–Crippen MR) is 117 cm³/mol. The van der Waals surface area contributed by atoms with Crippen LogP contribution in [0.4, 0.5) is 5.13 Å². The molecule has 0 unspecified atom stereocenters. The molecule has 11 heteroatoms. The van der Waals surface area contributed by atoms with Gasteiger partial charge < -0.3 is 9.88 Å². The lowest BCUT2D eigenvalue weighted by Gasteiger charge is -2.05. The average molecular weight is 442 g/mol. The van der Waals surface area contributed by atoms with Crippen LogP contribution in [-0.2, 0) is 17.9 Å². The molecule has 0 radical (unpaired) electrons. The number of nitrogens with one attached hydrogen (secondary N) is 1. The van der Waals surface area contributed by atoms with E-state index in [1.807, 2.05) is 36.7 Å². The van der Waals surface area contributed by atoms with Gasteiger partial charge in [-0.15, -0.1) is 29.3 Å². The molecular formula is C19H19N7O2S2. The van der Waals surface area contributed by atoms with Crippen LogP contribution in [-0.4, -0.2) is 35.2 Å². The number of aryl methyl sites for hydroxylation is 1. The van der Waals surface area contributed by atoms with Crippen molar-refractivity contribution in [3.05, 3.63) is 63.5 Å². The van der Waals surface area contributed by atoms with Gasteiger partial charge in [0.1, 0.15) is 11.5 Å². The molecule has 1 N–H and O–H groups in total. The van der Waals surface area contributed by atoms with Crippen molar-refractivity contribution in [2.75, 3.05) is 5.32 Å². The molecule has 0 aliphatic heterocycles. The van der Waals surface area contributed by atoms with E-state index in [9.17, 15) is 9.59 Å². The summed E-state index contributed by atoms with van der Waals surface area (Å²) >= 11 is 2.69. The van der Waals surface area contributed by atoms with E-state index in [0.717, 1.165) is 33.9 Å². The zero-order valence-electron chi connectivity index (χ0n) is 16.4. The number of carbonyl (C=O) groups is 1. The van der Waals surface area contributed by atoms with Crippen molar-refractivity contribution in [1.29, 1.82) is 0 Å². The maximum atomic E-state index is 12.4. The number of anilines is 1. The molecule has 0 saturated carbocycles. The monoisotopic (exact) mass is 441 g/mol. The standard InChI is InChI=1S/C19H19N7O2S2/c1-4-7-24-12(2)9-14(13(24)3)15-11-30-18(20-15)21-16(27)10-25-19(28)26(23-22-25)17-6-5-8-29-17/h4-6,8-9,11H,1,7,10H2,2-3H3,(H,20,21,27). The van der Waals surface area contributed by atoms with Crippen LogP contribution in [0.1, 0.15) is 11.4 Å². The molecule has 4 heterocycles. The Hall–Kier alpha value is -3.31. The summed E-state index contributed by atoms with van der Waals surface area (Å²) in [5, 5.41) is 15.2. The number of rotatable bonds is 7. The van der Waals surface area contributed by atoms with Crippen LogP contribution in [0.25, 0.3) is 16.3 Å². The van der Waals surface area contributed by atoms with E-state index in [0.29, 0.717) is 10.1 Å². The lowest BCUT2D eigenvalue weighted by Crippen LogP contribution is -2.29. The average Bonchev–Trinajstić information content (AvgIpc) is 3.49. The zero-order chi connectivity index (χ0) is 21.3. The van der Waals surface area contributed by atoms with Gasteiger partial charge in [-0.1, -0.05) is 6.08 Å². The van der Waals surface area contributed by atoms with Gasteiger partial charge >= 0.3 is 5.69 Å². The number of allylic oxidation sites excluding steroid dienone is 1. The first kappa shape index (κ1) is 20.0. The van der Waals surface area contributed by atoms with Crippen LogP contribution >= 0.6 is 22.7 Å². The Morgan fingerprint density at radius 1 is 1.30 bits per heavy atom. The van der Waals surface area contributed by atoms with E-state index in [-0.39, 0.29) is 6.54 Å². The largest absolute Gasteiger partial charge is 0.369 e. The van der Waals surface area contributed by atoms with Gasteiger partial charge in [0.2, 0.25) is 5.91 Å². The van der Waals surface area contributed by atoms with Gasteiger partial charge in [0, 0.05) is 28.9 Å². The van der Waals surface area contributed by atoms with Crippen LogP contribution in [0.2, 0.25) is 0 Å². The number of aromatic nitrogens is 6. The fourth-order valence-corrected chi connectivity index (χ4v) is 4.52. The Labute approximate surface area is 179 Å². The zero-order valence-corrected chi connectivity index (χ0v) is 18.0. The highest BCUT2D eigenvalue weighted by molar-refractivity contribution is 7.14. The Morgan fingerprint density at radius 3 is 2.87 bits per heavy atom. The van der Waals surface area contributed by atoms with Gasteiger partial charge in [0.15, 0.2) is 5.13 Å². The van der Waals surface area contributed by atoms with Gasteiger partial charge in [-0.05, 0) is 47.9 Å². The first-order valence-corrected chi connectivity index (χ1v) is 10.8. The van der Waals surface area contributed by atoms with Crippen molar-refractivity contribution in [2.45, 2.75) is 26.9 Å². The van der Waals surface area contributed by atoms with Gasteiger partial charge in [-0.2, -0.15) is 9.36 Å². The van der Waals surface area contributed by atoms with Gasteiger partial charge in [0.05, 0.1) is 5.69 Å². The fourth-order valence-electron chi connectivity index (χ4n) is 3.12. The molecule has 0 aromatic carbocycles. The summed E-state index contributed by atoms with van der Waals surface area (Å²) in [7, 11) is 0. The molecule has 4 rings (SSSR count). The number of hydrogen-bond donors (Lipinski definition) is 1. The molecule has 30 heavy (non-hydrogen) atoms. The first-order chi connectivity index (χ1) is 14.5. The second-order valence-corrected chi connectivity index (χ2v) is 8.34. The molecule has 1 amide bonds. The highest BCUT2D eigenvalue weighted by Crippen LogP contribution is 2.30. The van der Waals surface area contributed by atoms with Crippen molar-refractivity contribution in [2.24, 2.45) is 0 Å². The molecule has 0 spiro atoms. The number of thiophene rings is 1. The molecule has 4 aromatic rings. The highest BCUT2D eigenvalue weighted by atomic mass is 32.1. The molecule has 0 aliphatic carbocycles. The second kappa shape index (κ2) is 8.20. The smallest absolute Gasteiger partial charge is 0.345 e. The minimum absolute atomic E-state index is 0.243. The topological polar surface area (TPSA) is 99.6 Å². The first-order valence-electron chi connectivity index (χ1n) is 9.08. The Kier molecular flexibility index (Phi) is 5.46. The summed E-state index contributed by atoms with van der Waals surface area (Å²) < 4.78 is 4.34. The SMILES string of the molecule is C=CCn1c(C)cc(-c2csc(NC(=O)Cn3nnn(-c4cccs4)c3=O)n2)c1C. The molecule has 9 nitrogen and oxygen atoms in total. The number of tetrazole rings is 1. The third-order valence-corrected chi connectivity index (χ3v) is 6.16. The van der Waals surface area contributed by atoms with E-state index in [2.05, 4.69) is 37.9 Å². The molecule has 4 aromatic heterocycles. The molecule has 0 saturated heterocycles. The quantitative estimate of drug-likeness (QED) is 0.445. The van der Waals surface area contributed by atoms with Gasteiger partial charge in [-0.3, -0.25) is 4.79 Å². The Balaban J connectivity index is 1.47. The van der Waals surface area contributed by atoms with Crippen LogP contribution in [0.15, 0.2) is 46.4 Å². The van der Waals surface area contributed by atoms with E-state index >= 15 is 0 Å². The van der Waals surface area contributed by atoms with Crippen molar-refractivity contribution < 1.29 is 4.79 Å². The van der Waals surface area contributed by atoms with Crippen molar-refractivity contribution >= 4 is 33.7 Å². The maximum Gasteiger partial charge on any atom is 0.369 e. The van der Waals surface area contributed by atoms with Crippen LogP contribution in [0.5, 0.6) is 0 Å². The van der Waals surface area contributed by atoms with Crippen LogP contribution in [0.3, 0.4) is 0 Å². The minimum atomic E-state index is -0.470. The van der Waals surface area contributed by atoms with Crippen molar-refractivity contribution in [1.82, 2.24) is 29.3 Å². The van der Waals surface area contributed by atoms with E-state index in [4.69, 9.17) is 0 Å². The van der Waals surface area contributed by atoms with E-state index in [1.54, 1.807) is 6.07 Å². The van der Waals surface area contributed by atoms with Crippen LogP contribution in [0, 0.1) is 13.8 Å². The summed E-state index contributed by atoms with van der Waals surface area (Å²) in [5.41, 5.74) is 3.55. The third-order valence-electron chi connectivity index (χ3n) is 4.56. The number of amides is 1. The van der Waals surface area contributed by atoms with Crippen molar-refractivity contribution in [3.63, 3.8) is 0 Å². The highest BCUT2D eigenvalue weighted by Gasteiger charge is 2.16. The van der Waals surface area contributed by atoms with Gasteiger partial charge in [-0.25, -0.2) is 9.78 Å². The summed E-state index contributed by atoms with van der Waals surface area (Å²) in [6.45, 7) is 8.35. The fraction of sp³-hybridized carbons (Fsp3) is 0.211.